The number of para-hydroxylation sites is 1. The Morgan fingerprint density at radius 2 is 2.00 bits per heavy atom. The summed E-state index contributed by atoms with van der Waals surface area (Å²) in [6.07, 6.45) is 1.85. The van der Waals surface area contributed by atoms with Gasteiger partial charge >= 0.3 is 0 Å². The Balaban J connectivity index is 0.00000144. The van der Waals surface area contributed by atoms with Crippen LogP contribution in [0.1, 0.15) is 11.8 Å². The molecule has 2 N–H and O–H groups in total. The van der Waals surface area contributed by atoms with Crippen molar-refractivity contribution in [2.45, 2.75) is 13.5 Å². The van der Waals surface area contributed by atoms with E-state index in [1.54, 1.807) is 11.3 Å². The summed E-state index contributed by atoms with van der Waals surface area (Å²) in [7, 11) is 0. The first-order valence-corrected chi connectivity index (χ1v) is 6.11. The van der Waals surface area contributed by atoms with E-state index < -0.39 is 0 Å². The molecule has 1 heterocycles. The van der Waals surface area contributed by atoms with E-state index >= 15 is 0 Å². The van der Waals surface area contributed by atoms with Gasteiger partial charge in [-0.05, 0) is 19.1 Å². The van der Waals surface area contributed by atoms with E-state index in [0.29, 0.717) is 5.13 Å². The highest BCUT2D eigenvalue weighted by Crippen LogP contribution is 2.20. The lowest BCUT2D eigenvalue weighted by atomic mass is 10.3. The molecule has 0 radical (unpaired) electrons. The van der Waals surface area contributed by atoms with Crippen LogP contribution in [0.3, 0.4) is 0 Å². The van der Waals surface area contributed by atoms with Crippen LogP contribution in [0.15, 0.2) is 36.5 Å². The maximum Gasteiger partial charge on any atom is 0.180 e. The standard InChI is InChI=1S/C12H15N3S.ClH/c1-2-15(10-6-4-3-5-7-10)9-11-8-14-12(13)16-11;/h3-8H,2,9H2,1H3,(H2,13,14);1H. The summed E-state index contributed by atoms with van der Waals surface area (Å²) in [6, 6.07) is 10.4. The molecule has 0 aliphatic rings. The van der Waals surface area contributed by atoms with E-state index in [9.17, 15) is 0 Å². The van der Waals surface area contributed by atoms with Crippen LogP contribution in [0.5, 0.6) is 0 Å². The first-order chi connectivity index (χ1) is 7.79. The summed E-state index contributed by atoms with van der Waals surface area (Å²) >= 11 is 1.55. The Bertz CT molecular complexity index is 444. The minimum absolute atomic E-state index is 0. The summed E-state index contributed by atoms with van der Waals surface area (Å²) < 4.78 is 0. The Morgan fingerprint density at radius 1 is 1.29 bits per heavy atom. The summed E-state index contributed by atoms with van der Waals surface area (Å²) in [5.74, 6) is 0. The lowest BCUT2D eigenvalue weighted by molar-refractivity contribution is 0.841. The first kappa shape index (κ1) is 13.8. The van der Waals surface area contributed by atoms with Gasteiger partial charge in [0, 0.05) is 23.3 Å². The molecular formula is C12H16ClN3S. The third kappa shape index (κ3) is 3.61. The van der Waals surface area contributed by atoms with Gasteiger partial charge in [-0.15, -0.1) is 23.7 Å². The van der Waals surface area contributed by atoms with Gasteiger partial charge in [0.15, 0.2) is 5.13 Å². The summed E-state index contributed by atoms with van der Waals surface area (Å²) in [5.41, 5.74) is 6.86. The van der Waals surface area contributed by atoms with Crippen LogP contribution < -0.4 is 10.6 Å². The lowest BCUT2D eigenvalue weighted by Gasteiger charge is -2.21. The summed E-state index contributed by atoms with van der Waals surface area (Å²) in [4.78, 5) is 7.56. The second-order valence-corrected chi connectivity index (χ2v) is 4.66. The second kappa shape index (κ2) is 6.47. The van der Waals surface area contributed by atoms with Gasteiger partial charge in [0.05, 0.1) is 6.54 Å². The Labute approximate surface area is 112 Å². The van der Waals surface area contributed by atoms with Crippen molar-refractivity contribution in [1.82, 2.24) is 4.98 Å². The third-order valence-corrected chi connectivity index (χ3v) is 3.23. The van der Waals surface area contributed by atoms with Gasteiger partial charge in [-0.1, -0.05) is 18.2 Å². The molecule has 92 valence electrons. The van der Waals surface area contributed by atoms with Crippen molar-refractivity contribution in [3.63, 3.8) is 0 Å². The van der Waals surface area contributed by atoms with E-state index in [2.05, 4.69) is 41.1 Å². The fourth-order valence-electron chi connectivity index (χ4n) is 1.61. The zero-order valence-electron chi connectivity index (χ0n) is 9.67. The topological polar surface area (TPSA) is 42.2 Å². The highest BCUT2D eigenvalue weighted by molar-refractivity contribution is 7.15. The number of hydrogen-bond donors (Lipinski definition) is 1. The Morgan fingerprint density at radius 3 is 2.53 bits per heavy atom. The number of hydrogen-bond acceptors (Lipinski definition) is 4. The fourth-order valence-corrected chi connectivity index (χ4v) is 2.31. The van der Waals surface area contributed by atoms with Gasteiger partial charge in [-0.25, -0.2) is 4.98 Å². The zero-order valence-corrected chi connectivity index (χ0v) is 11.3. The predicted octanol–water partition coefficient (Wildman–Crippen LogP) is 3.17. The highest BCUT2D eigenvalue weighted by Gasteiger charge is 2.06. The number of nitrogens with two attached hydrogens (primary N) is 1. The monoisotopic (exact) mass is 269 g/mol. The van der Waals surface area contributed by atoms with Gasteiger partial charge in [-0.3, -0.25) is 0 Å². The molecule has 0 fully saturated rings. The minimum Gasteiger partial charge on any atom is -0.375 e. The number of rotatable bonds is 4. The van der Waals surface area contributed by atoms with Gasteiger partial charge in [-0.2, -0.15) is 0 Å². The van der Waals surface area contributed by atoms with Gasteiger partial charge in [0.2, 0.25) is 0 Å². The Kier molecular flexibility index (Phi) is 5.25. The molecular weight excluding hydrogens is 254 g/mol. The normalized spacial score (nSPS) is 9.71. The molecule has 1 aromatic heterocycles. The van der Waals surface area contributed by atoms with Crippen LogP contribution in [0.4, 0.5) is 10.8 Å². The molecule has 2 rings (SSSR count). The van der Waals surface area contributed by atoms with Crippen molar-refractivity contribution in [2.75, 3.05) is 17.2 Å². The average Bonchev–Trinajstić information content (AvgIpc) is 2.73. The number of halogens is 1. The molecule has 0 spiro atoms. The van der Waals surface area contributed by atoms with Crippen LogP contribution in [-0.4, -0.2) is 11.5 Å². The molecule has 5 heteroatoms. The summed E-state index contributed by atoms with van der Waals surface area (Å²) in [5, 5.41) is 0.638. The highest BCUT2D eigenvalue weighted by atomic mass is 35.5. The Hall–Kier alpha value is -1.26. The predicted molar refractivity (Wildman–Crippen MR) is 76.9 cm³/mol. The van der Waals surface area contributed by atoms with E-state index in [0.717, 1.165) is 13.1 Å². The SMILES string of the molecule is CCN(Cc1cnc(N)s1)c1ccccc1.Cl. The van der Waals surface area contributed by atoms with E-state index in [1.165, 1.54) is 10.6 Å². The van der Waals surface area contributed by atoms with Gasteiger partial charge < -0.3 is 10.6 Å². The molecule has 0 bridgehead atoms. The molecule has 0 atom stereocenters. The number of nitrogens with zero attached hydrogens (tertiary/aromatic N) is 2. The quantitative estimate of drug-likeness (QED) is 0.927. The minimum atomic E-state index is 0. The maximum atomic E-state index is 5.62. The molecule has 0 saturated heterocycles. The molecule has 17 heavy (non-hydrogen) atoms. The zero-order chi connectivity index (χ0) is 11.4. The average molecular weight is 270 g/mol. The molecule has 0 amide bonds. The van der Waals surface area contributed by atoms with Crippen molar-refractivity contribution >= 4 is 34.6 Å². The van der Waals surface area contributed by atoms with Crippen LogP contribution in [0.25, 0.3) is 0 Å². The largest absolute Gasteiger partial charge is 0.375 e. The fraction of sp³-hybridized carbons (Fsp3) is 0.250. The lowest BCUT2D eigenvalue weighted by Crippen LogP contribution is -2.21. The van der Waals surface area contributed by atoms with Crippen LogP contribution in [-0.2, 0) is 6.54 Å². The molecule has 3 nitrogen and oxygen atoms in total. The number of benzene rings is 1. The molecule has 2 aromatic rings. The van der Waals surface area contributed by atoms with E-state index in [-0.39, 0.29) is 12.4 Å². The maximum absolute atomic E-state index is 5.62. The van der Waals surface area contributed by atoms with Crippen molar-refractivity contribution < 1.29 is 0 Å². The molecule has 1 aromatic carbocycles. The van der Waals surface area contributed by atoms with Gasteiger partial charge in [0.1, 0.15) is 0 Å². The summed E-state index contributed by atoms with van der Waals surface area (Å²) in [6.45, 7) is 3.99. The van der Waals surface area contributed by atoms with Gasteiger partial charge in [0.25, 0.3) is 0 Å². The first-order valence-electron chi connectivity index (χ1n) is 5.29. The molecule has 0 aliphatic carbocycles. The van der Waals surface area contributed by atoms with Crippen molar-refractivity contribution in [3.8, 4) is 0 Å². The number of anilines is 2. The van der Waals surface area contributed by atoms with Crippen LogP contribution >= 0.6 is 23.7 Å². The van der Waals surface area contributed by atoms with Crippen molar-refractivity contribution in [1.29, 1.82) is 0 Å². The van der Waals surface area contributed by atoms with E-state index in [1.807, 2.05) is 12.3 Å². The van der Waals surface area contributed by atoms with Crippen molar-refractivity contribution in [2.24, 2.45) is 0 Å². The van der Waals surface area contributed by atoms with E-state index in [4.69, 9.17) is 5.73 Å². The number of thiazole rings is 1. The smallest absolute Gasteiger partial charge is 0.180 e. The molecule has 0 unspecified atom stereocenters. The third-order valence-electron chi connectivity index (χ3n) is 2.42. The molecule has 0 saturated carbocycles. The van der Waals surface area contributed by atoms with Crippen LogP contribution in [0, 0.1) is 0 Å². The second-order valence-electron chi connectivity index (χ2n) is 3.51. The number of aromatic nitrogens is 1. The number of nitrogen functional groups attached to an aromatic ring is 1. The van der Waals surface area contributed by atoms with Crippen LogP contribution in [0.2, 0.25) is 0 Å². The molecule has 0 aliphatic heterocycles. The van der Waals surface area contributed by atoms with Crippen molar-refractivity contribution in [3.05, 3.63) is 41.4 Å².